The molecule has 1 aliphatic heterocycles. The van der Waals surface area contributed by atoms with Gasteiger partial charge in [-0.15, -0.1) is 0 Å². The zero-order valence-electron chi connectivity index (χ0n) is 11.7. The van der Waals surface area contributed by atoms with Gasteiger partial charge in [-0.2, -0.15) is 0 Å². The molecule has 2 rings (SSSR count). The molecule has 1 heterocycles. The van der Waals surface area contributed by atoms with E-state index in [2.05, 4.69) is 57.9 Å². The molecule has 1 aliphatic rings. The van der Waals surface area contributed by atoms with Crippen LogP contribution in [0.25, 0.3) is 0 Å². The summed E-state index contributed by atoms with van der Waals surface area (Å²) in [6, 6.07) is 9.35. The number of aliphatic hydroxyl groups is 1. The molecule has 1 aromatic rings. The number of aliphatic hydroxyl groups excluding tert-OH is 1. The fraction of sp³-hybridized carbons (Fsp3) is 0.600. The Labute approximate surface area is 124 Å². The molecular weight excluding hydrogens is 304 g/mol. The highest BCUT2D eigenvalue weighted by Crippen LogP contribution is 2.28. The van der Waals surface area contributed by atoms with Gasteiger partial charge in [-0.25, -0.2) is 0 Å². The van der Waals surface area contributed by atoms with E-state index in [1.807, 2.05) is 6.07 Å². The minimum Gasteiger partial charge on any atom is -0.396 e. The van der Waals surface area contributed by atoms with Crippen LogP contribution in [0.1, 0.15) is 19.8 Å². The smallest absolute Gasteiger partial charge is 0.0511 e. The quantitative estimate of drug-likeness (QED) is 0.925. The number of halogens is 1. The summed E-state index contributed by atoms with van der Waals surface area (Å²) in [7, 11) is 2.18. The molecule has 0 saturated carbocycles. The van der Waals surface area contributed by atoms with Crippen LogP contribution >= 0.6 is 15.9 Å². The highest BCUT2D eigenvalue weighted by molar-refractivity contribution is 9.10. The minimum atomic E-state index is 0.255. The highest BCUT2D eigenvalue weighted by atomic mass is 79.9. The van der Waals surface area contributed by atoms with Gasteiger partial charge in [0.15, 0.2) is 0 Å². The van der Waals surface area contributed by atoms with Crippen LogP contribution in [0.4, 0.5) is 5.69 Å². The van der Waals surface area contributed by atoms with E-state index in [-0.39, 0.29) is 6.61 Å². The third kappa shape index (κ3) is 3.50. The molecule has 3 nitrogen and oxygen atoms in total. The maximum absolute atomic E-state index is 9.27. The molecular formula is C15H23BrN2O. The Morgan fingerprint density at radius 2 is 2.11 bits per heavy atom. The second kappa shape index (κ2) is 6.73. The normalized spacial score (nSPS) is 25.4. The standard InChI is InChI=1S/C15H23BrN2O/c1-12-7-9-18(11-13(8-10-19)17(12)2)15-6-4-3-5-14(15)16/h3-6,12-13,19H,7-11H2,1-2H3. The van der Waals surface area contributed by atoms with Crippen molar-refractivity contribution in [3.05, 3.63) is 28.7 Å². The van der Waals surface area contributed by atoms with Gasteiger partial charge in [-0.05, 0) is 54.9 Å². The van der Waals surface area contributed by atoms with E-state index in [4.69, 9.17) is 0 Å². The highest BCUT2D eigenvalue weighted by Gasteiger charge is 2.27. The van der Waals surface area contributed by atoms with Crippen LogP contribution in [0.3, 0.4) is 0 Å². The molecule has 0 aromatic heterocycles. The molecule has 2 atom stereocenters. The van der Waals surface area contributed by atoms with Gasteiger partial charge in [-0.1, -0.05) is 12.1 Å². The summed E-state index contributed by atoms with van der Waals surface area (Å²) in [5.74, 6) is 0. The Balaban J connectivity index is 2.20. The minimum absolute atomic E-state index is 0.255. The van der Waals surface area contributed by atoms with E-state index in [1.54, 1.807) is 0 Å². The number of rotatable bonds is 3. The molecule has 1 saturated heterocycles. The zero-order valence-corrected chi connectivity index (χ0v) is 13.3. The van der Waals surface area contributed by atoms with Crippen molar-refractivity contribution >= 4 is 21.6 Å². The van der Waals surface area contributed by atoms with Gasteiger partial charge in [0.05, 0.1) is 5.69 Å². The molecule has 2 unspecified atom stereocenters. The van der Waals surface area contributed by atoms with Crippen LogP contribution in [0.2, 0.25) is 0 Å². The zero-order chi connectivity index (χ0) is 13.8. The molecule has 0 aliphatic carbocycles. The predicted molar refractivity (Wildman–Crippen MR) is 83.7 cm³/mol. The van der Waals surface area contributed by atoms with Gasteiger partial charge in [-0.3, -0.25) is 4.90 Å². The maximum Gasteiger partial charge on any atom is 0.0511 e. The van der Waals surface area contributed by atoms with Crippen LogP contribution in [0.5, 0.6) is 0 Å². The molecule has 106 valence electrons. The van der Waals surface area contributed by atoms with E-state index in [9.17, 15) is 5.11 Å². The van der Waals surface area contributed by atoms with Gasteiger partial charge >= 0.3 is 0 Å². The van der Waals surface area contributed by atoms with E-state index >= 15 is 0 Å². The Bertz CT molecular complexity index is 413. The first-order valence-corrected chi connectivity index (χ1v) is 7.75. The average molecular weight is 327 g/mol. The number of benzene rings is 1. The van der Waals surface area contributed by atoms with Crippen LogP contribution in [-0.2, 0) is 0 Å². The second-order valence-corrected chi connectivity index (χ2v) is 6.22. The third-order valence-corrected chi connectivity index (χ3v) is 4.85. The van der Waals surface area contributed by atoms with Crippen LogP contribution in [-0.4, -0.2) is 48.8 Å². The number of hydrogen-bond acceptors (Lipinski definition) is 3. The molecule has 1 aromatic carbocycles. The monoisotopic (exact) mass is 326 g/mol. The fourth-order valence-corrected chi connectivity index (χ4v) is 3.29. The first kappa shape index (κ1) is 14.8. The van der Waals surface area contributed by atoms with Crippen molar-refractivity contribution in [2.75, 3.05) is 31.6 Å². The van der Waals surface area contributed by atoms with Crippen molar-refractivity contribution in [2.45, 2.75) is 31.8 Å². The van der Waals surface area contributed by atoms with Crippen molar-refractivity contribution in [2.24, 2.45) is 0 Å². The van der Waals surface area contributed by atoms with Crippen LogP contribution in [0, 0.1) is 0 Å². The van der Waals surface area contributed by atoms with Gasteiger partial charge in [0.2, 0.25) is 0 Å². The summed E-state index contributed by atoms with van der Waals surface area (Å²) in [5.41, 5.74) is 1.26. The number of likely N-dealkylation sites (N-methyl/N-ethyl adjacent to an activating group) is 1. The van der Waals surface area contributed by atoms with Gasteiger partial charge in [0.25, 0.3) is 0 Å². The number of hydrogen-bond donors (Lipinski definition) is 1. The van der Waals surface area contributed by atoms with E-state index in [1.165, 1.54) is 5.69 Å². The lowest BCUT2D eigenvalue weighted by Crippen LogP contribution is -2.42. The SMILES string of the molecule is CC1CCN(c2ccccc2Br)CC(CCO)N1C. The Morgan fingerprint density at radius 3 is 2.79 bits per heavy atom. The number of nitrogens with zero attached hydrogens (tertiary/aromatic N) is 2. The Hall–Kier alpha value is -0.580. The maximum atomic E-state index is 9.27. The van der Waals surface area contributed by atoms with E-state index in [0.29, 0.717) is 12.1 Å². The summed E-state index contributed by atoms with van der Waals surface area (Å²) in [6.45, 7) is 4.57. The molecule has 0 radical (unpaired) electrons. The van der Waals surface area contributed by atoms with Crippen molar-refractivity contribution in [3.63, 3.8) is 0 Å². The lowest BCUT2D eigenvalue weighted by Gasteiger charge is -2.32. The lowest BCUT2D eigenvalue weighted by atomic mass is 10.1. The number of para-hydroxylation sites is 1. The number of anilines is 1. The first-order valence-electron chi connectivity index (χ1n) is 6.95. The molecule has 0 bridgehead atoms. The lowest BCUT2D eigenvalue weighted by molar-refractivity contribution is 0.159. The van der Waals surface area contributed by atoms with Gasteiger partial charge in [0.1, 0.15) is 0 Å². The van der Waals surface area contributed by atoms with E-state index in [0.717, 1.165) is 30.4 Å². The Morgan fingerprint density at radius 1 is 1.37 bits per heavy atom. The molecule has 0 amide bonds. The van der Waals surface area contributed by atoms with Gasteiger partial charge in [0, 0.05) is 36.3 Å². The van der Waals surface area contributed by atoms with Crippen LogP contribution in [0.15, 0.2) is 28.7 Å². The van der Waals surface area contributed by atoms with Crippen molar-refractivity contribution in [1.82, 2.24) is 4.90 Å². The predicted octanol–water partition coefficient (Wildman–Crippen LogP) is 2.73. The van der Waals surface area contributed by atoms with Crippen molar-refractivity contribution in [1.29, 1.82) is 0 Å². The summed E-state index contributed by atoms with van der Waals surface area (Å²) < 4.78 is 1.15. The molecule has 1 fully saturated rings. The molecule has 0 spiro atoms. The second-order valence-electron chi connectivity index (χ2n) is 5.37. The summed E-state index contributed by atoms with van der Waals surface area (Å²) in [5, 5.41) is 9.27. The van der Waals surface area contributed by atoms with Gasteiger partial charge < -0.3 is 10.0 Å². The topological polar surface area (TPSA) is 26.7 Å². The third-order valence-electron chi connectivity index (χ3n) is 4.17. The Kier molecular flexibility index (Phi) is 5.25. The largest absolute Gasteiger partial charge is 0.396 e. The molecule has 4 heteroatoms. The fourth-order valence-electron chi connectivity index (χ4n) is 2.75. The summed E-state index contributed by atoms with van der Waals surface area (Å²) in [6.07, 6.45) is 1.99. The van der Waals surface area contributed by atoms with E-state index < -0.39 is 0 Å². The van der Waals surface area contributed by atoms with Crippen molar-refractivity contribution < 1.29 is 5.11 Å². The van der Waals surface area contributed by atoms with Crippen LogP contribution < -0.4 is 4.90 Å². The first-order chi connectivity index (χ1) is 9.13. The summed E-state index contributed by atoms with van der Waals surface area (Å²) in [4.78, 5) is 4.84. The molecule has 1 N–H and O–H groups in total. The van der Waals surface area contributed by atoms with Crippen molar-refractivity contribution in [3.8, 4) is 0 Å². The average Bonchev–Trinajstić information content (AvgIpc) is 2.54. The summed E-state index contributed by atoms with van der Waals surface area (Å²) >= 11 is 3.64. The molecule has 19 heavy (non-hydrogen) atoms.